The summed E-state index contributed by atoms with van der Waals surface area (Å²) in [6.07, 6.45) is 6.69. The van der Waals surface area contributed by atoms with Crippen LogP contribution in [0.3, 0.4) is 0 Å². The van der Waals surface area contributed by atoms with E-state index in [0.717, 1.165) is 30.3 Å². The van der Waals surface area contributed by atoms with Crippen molar-refractivity contribution < 1.29 is 4.79 Å². The topological polar surface area (TPSA) is 49.6 Å². The van der Waals surface area contributed by atoms with E-state index < -0.39 is 0 Å². The second-order valence-electron chi connectivity index (χ2n) is 5.23. The van der Waals surface area contributed by atoms with Crippen LogP contribution in [0, 0.1) is 0 Å². The Hall–Kier alpha value is -1.40. The number of aromatic nitrogens is 2. The number of nitrogens with one attached hydrogen (secondary N) is 1. The van der Waals surface area contributed by atoms with Crippen LogP contribution < -0.4 is 5.32 Å². The molecular formula is C14H20N4OS. The first kappa shape index (κ1) is 13.6. The summed E-state index contributed by atoms with van der Waals surface area (Å²) in [5, 5.41) is 5.04. The van der Waals surface area contributed by atoms with Crippen LogP contribution in [0.4, 0.5) is 0 Å². The fourth-order valence-corrected chi connectivity index (χ4v) is 3.58. The molecule has 1 aliphatic heterocycles. The van der Waals surface area contributed by atoms with Crippen molar-refractivity contribution in [3.63, 3.8) is 0 Å². The molecule has 0 bridgehead atoms. The van der Waals surface area contributed by atoms with Crippen molar-refractivity contribution in [2.45, 2.75) is 32.2 Å². The highest BCUT2D eigenvalue weighted by molar-refractivity contribution is 7.15. The Morgan fingerprint density at radius 2 is 2.50 bits per heavy atom. The number of carbonyl (C=O) groups excluding carboxylic acids is 1. The summed E-state index contributed by atoms with van der Waals surface area (Å²) in [7, 11) is 0. The molecule has 0 aromatic carbocycles. The van der Waals surface area contributed by atoms with Crippen molar-refractivity contribution in [3.05, 3.63) is 23.5 Å². The third-order valence-electron chi connectivity index (χ3n) is 3.92. The summed E-state index contributed by atoms with van der Waals surface area (Å²) >= 11 is 1.59. The third kappa shape index (κ3) is 2.86. The molecule has 1 aliphatic rings. The van der Waals surface area contributed by atoms with Gasteiger partial charge in [-0.15, -0.1) is 11.3 Å². The molecule has 2 aromatic heterocycles. The fraction of sp³-hybridized carbons (Fsp3) is 0.571. The molecule has 0 aliphatic carbocycles. The zero-order valence-corrected chi connectivity index (χ0v) is 12.5. The number of nitrogens with zero attached hydrogens (tertiary/aromatic N) is 3. The van der Waals surface area contributed by atoms with Crippen LogP contribution in [-0.2, 0) is 11.2 Å². The normalized spacial score (nSPS) is 19.8. The zero-order valence-electron chi connectivity index (χ0n) is 11.7. The van der Waals surface area contributed by atoms with E-state index in [-0.39, 0.29) is 5.91 Å². The molecule has 5 nitrogen and oxygen atoms in total. The monoisotopic (exact) mass is 292 g/mol. The lowest BCUT2D eigenvalue weighted by molar-refractivity contribution is -0.120. The van der Waals surface area contributed by atoms with Gasteiger partial charge in [0.2, 0.25) is 5.91 Å². The molecule has 1 unspecified atom stereocenters. The van der Waals surface area contributed by atoms with E-state index in [1.807, 2.05) is 22.2 Å². The molecule has 2 aromatic rings. The van der Waals surface area contributed by atoms with Crippen molar-refractivity contribution in [2.24, 2.45) is 0 Å². The predicted octanol–water partition coefficient (Wildman–Crippen LogP) is 1.54. The first-order valence-corrected chi connectivity index (χ1v) is 8.06. The maximum atomic E-state index is 12.0. The Balaban J connectivity index is 1.51. The molecule has 1 amide bonds. The van der Waals surface area contributed by atoms with Crippen LogP contribution >= 0.6 is 11.3 Å². The summed E-state index contributed by atoms with van der Waals surface area (Å²) in [6, 6.07) is 0.509. The Bertz CT molecular complexity index is 562. The summed E-state index contributed by atoms with van der Waals surface area (Å²) < 4.78 is 1.96. The highest BCUT2D eigenvalue weighted by Gasteiger charge is 2.23. The first-order chi connectivity index (χ1) is 9.76. The van der Waals surface area contributed by atoms with Crippen molar-refractivity contribution in [1.29, 1.82) is 0 Å². The molecule has 108 valence electrons. The lowest BCUT2D eigenvalue weighted by Gasteiger charge is -2.22. The first-order valence-electron chi connectivity index (χ1n) is 7.18. The van der Waals surface area contributed by atoms with Gasteiger partial charge in [0.25, 0.3) is 0 Å². The molecule has 3 rings (SSSR count). The van der Waals surface area contributed by atoms with Crippen molar-refractivity contribution in [2.75, 3.05) is 19.6 Å². The summed E-state index contributed by atoms with van der Waals surface area (Å²) in [6.45, 7) is 5.17. The predicted molar refractivity (Wildman–Crippen MR) is 80.1 cm³/mol. The maximum Gasteiger partial charge on any atom is 0.226 e. The van der Waals surface area contributed by atoms with Crippen LogP contribution in [0.15, 0.2) is 17.8 Å². The van der Waals surface area contributed by atoms with Crippen LogP contribution in [0.2, 0.25) is 0 Å². The van der Waals surface area contributed by atoms with Gasteiger partial charge in [0.15, 0.2) is 4.96 Å². The number of thiazole rings is 1. The fourth-order valence-electron chi connectivity index (χ4n) is 2.86. The van der Waals surface area contributed by atoms with E-state index in [1.165, 1.54) is 12.8 Å². The maximum absolute atomic E-state index is 12.0. The molecule has 1 N–H and O–H groups in total. The highest BCUT2D eigenvalue weighted by Crippen LogP contribution is 2.15. The largest absolute Gasteiger partial charge is 0.354 e. The summed E-state index contributed by atoms with van der Waals surface area (Å²) in [4.78, 5) is 19.8. The lowest BCUT2D eigenvalue weighted by Crippen LogP contribution is -2.40. The third-order valence-corrected chi connectivity index (χ3v) is 4.70. The van der Waals surface area contributed by atoms with Gasteiger partial charge in [-0.3, -0.25) is 14.1 Å². The van der Waals surface area contributed by atoms with Crippen molar-refractivity contribution in [3.8, 4) is 0 Å². The molecule has 1 fully saturated rings. The van der Waals surface area contributed by atoms with Gasteiger partial charge in [-0.1, -0.05) is 6.92 Å². The van der Waals surface area contributed by atoms with Gasteiger partial charge in [0, 0.05) is 30.4 Å². The molecule has 0 radical (unpaired) electrons. The average molecular weight is 292 g/mol. The molecule has 6 heteroatoms. The number of amides is 1. The van der Waals surface area contributed by atoms with Crippen LogP contribution in [0.25, 0.3) is 4.96 Å². The summed E-state index contributed by atoms with van der Waals surface area (Å²) in [5.74, 6) is 0.0682. The number of hydrogen-bond acceptors (Lipinski definition) is 4. The van der Waals surface area contributed by atoms with Crippen molar-refractivity contribution in [1.82, 2.24) is 19.6 Å². The second kappa shape index (κ2) is 5.93. The molecule has 1 atom stereocenters. The van der Waals surface area contributed by atoms with Gasteiger partial charge in [-0.25, -0.2) is 4.98 Å². The van der Waals surface area contributed by atoms with E-state index in [4.69, 9.17) is 0 Å². The smallest absolute Gasteiger partial charge is 0.226 e. The number of hydrogen-bond donors (Lipinski definition) is 1. The van der Waals surface area contributed by atoms with Crippen molar-refractivity contribution >= 4 is 22.2 Å². The molecule has 0 spiro atoms. The van der Waals surface area contributed by atoms with Crippen LogP contribution in [0.5, 0.6) is 0 Å². The van der Waals surface area contributed by atoms with Gasteiger partial charge in [-0.05, 0) is 25.9 Å². The Morgan fingerprint density at radius 1 is 1.60 bits per heavy atom. The van der Waals surface area contributed by atoms with Crippen LogP contribution in [-0.4, -0.2) is 45.9 Å². The van der Waals surface area contributed by atoms with E-state index in [0.29, 0.717) is 12.5 Å². The van der Waals surface area contributed by atoms with E-state index in [2.05, 4.69) is 22.1 Å². The Kier molecular flexibility index (Phi) is 4.03. The minimum Gasteiger partial charge on any atom is -0.354 e. The minimum atomic E-state index is 0.0682. The Labute approximate surface area is 122 Å². The highest BCUT2D eigenvalue weighted by atomic mass is 32.1. The van der Waals surface area contributed by atoms with E-state index >= 15 is 0 Å². The SMILES string of the molecule is CCN1CCCC1CNC(=O)Cc1cn2ccsc2n1. The average Bonchev–Trinajstić information content (AvgIpc) is 3.10. The lowest BCUT2D eigenvalue weighted by atomic mass is 10.2. The molecule has 20 heavy (non-hydrogen) atoms. The summed E-state index contributed by atoms with van der Waals surface area (Å²) in [5.41, 5.74) is 0.841. The number of likely N-dealkylation sites (N-methyl/N-ethyl adjacent to an activating group) is 1. The Morgan fingerprint density at radius 3 is 3.30 bits per heavy atom. The van der Waals surface area contributed by atoms with E-state index in [9.17, 15) is 4.79 Å². The van der Waals surface area contributed by atoms with Gasteiger partial charge in [0.1, 0.15) is 0 Å². The molecule has 0 saturated carbocycles. The number of likely N-dealkylation sites (tertiary alicyclic amines) is 1. The van der Waals surface area contributed by atoms with E-state index in [1.54, 1.807) is 11.3 Å². The number of rotatable bonds is 5. The molecule has 1 saturated heterocycles. The number of imidazole rings is 1. The number of carbonyl (C=O) groups is 1. The van der Waals surface area contributed by atoms with Gasteiger partial charge in [-0.2, -0.15) is 0 Å². The molecule has 3 heterocycles. The van der Waals surface area contributed by atoms with Gasteiger partial charge >= 0.3 is 0 Å². The second-order valence-corrected chi connectivity index (χ2v) is 6.10. The zero-order chi connectivity index (χ0) is 13.9. The number of fused-ring (bicyclic) bond motifs is 1. The van der Waals surface area contributed by atoms with Crippen LogP contribution in [0.1, 0.15) is 25.5 Å². The standard InChI is InChI=1S/C14H20N4OS/c1-2-17-5-3-4-12(17)9-15-13(19)8-11-10-18-6-7-20-14(18)16-11/h6-7,10,12H,2-5,8-9H2,1H3,(H,15,19). The minimum absolute atomic E-state index is 0.0682. The van der Waals surface area contributed by atoms with Gasteiger partial charge in [0.05, 0.1) is 12.1 Å². The quantitative estimate of drug-likeness (QED) is 0.909. The van der Waals surface area contributed by atoms with Gasteiger partial charge < -0.3 is 5.32 Å². The molecular weight excluding hydrogens is 272 g/mol.